The van der Waals surface area contributed by atoms with E-state index >= 15 is 0 Å². The Morgan fingerprint density at radius 2 is 1.64 bits per heavy atom. The van der Waals surface area contributed by atoms with Crippen LogP contribution in [0.1, 0.15) is 66.9 Å². The van der Waals surface area contributed by atoms with Crippen LogP contribution in [0.5, 0.6) is 5.75 Å². The lowest BCUT2D eigenvalue weighted by atomic mass is 9.92. The highest BCUT2D eigenvalue weighted by Crippen LogP contribution is 2.38. The molecule has 1 unspecified atom stereocenters. The molecule has 0 amide bonds. The largest absolute Gasteiger partial charge is 0.497 e. The summed E-state index contributed by atoms with van der Waals surface area (Å²) >= 11 is 0. The predicted molar refractivity (Wildman–Crippen MR) is 142 cm³/mol. The molecular formula is C28H50O4Si. The topological polar surface area (TPSA) is 47.9 Å². The minimum absolute atomic E-state index is 0.175. The van der Waals surface area contributed by atoms with E-state index in [4.69, 9.17) is 13.9 Å². The summed E-state index contributed by atoms with van der Waals surface area (Å²) in [4.78, 5) is 0. The molecule has 0 aromatic heterocycles. The van der Waals surface area contributed by atoms with E-state index in [1.165, 1.54) is 0 Å². The van der Waals surface area contributed by atoms with Crippen LogP contribution in [-0.4, -0.2) is 39.3 Å². The highest BCUT2D eigenvalue weighted by molar-refractivity contribution is 6.74. The van der Waals surface area contributed by atoms with E-state index in [0.717, 1.165) is 24.2 Å². The quantitative estimate of drug-likeness (QED) is 0.226. The van der Waals surface area contributed by atoms with Gasteiger partial charge < -0.3 is 19.0 Å². The van der Waals surface area contributed by atoms with Crippen molar-refractivity contribution in [1.29, 1.82) is 0 Å². The number of aliphatic hydroxyl groups excluding tert-OH is 1. The number of benzene rings is 1. The lowest BCUT2D eigenvalue weighted by Crippen LogP contribution is -2.45. The first-order chi connectivity index (χ1) is 15.3. The van der Waals surface area contributed by atoms with Crippen molar-refractivity contribution in [3.63, 3.8) is 0 Å². The van der Waals surface area contributed by atoms with Crippen molar-refractivity contribution in [3.05, 3.63) is 42.0 Å². The molecular weight excluding hydrogens is 428 g/mol. The van der Waals surface area contributed by atoms with E-state index in [-0.39, 0.29) is 23.0 Å². The molecule has 1 rings (SSSR count). The lowest BCUT2D eigenvalue weighted by Gasteiger charge is -2.40. The molecule has 0 bridgehead atoms. The molecule has 1 aromatic carbocycles. The van der Waals surface area contributed by atoms with Gasteiger partial charge in [0, 0.05) is 6.61 Å². The van der Waals surface area contributed by atoms with E-state index in [1.807, 2.05) is 30.3 Å². The van der Waals surface area contributed by atoms with Gasteiger partial charge in [0.2, 0.25) is 0 Å². The summed E-state index contributed by atoms with van der Waals surface area (Å²) in [6, 6.07) is 7.96. The minimum atomic E-state index is -1.81. The monoisotopic (exact) mass is 478 g/mol. The van der Waals surface area contributed by atoms with Crippen molar-refractivity contribution in [2.24, 2.45) is 17.8 Å². The van der Waals surface area contributed by atoms with Crippen LogP contribution in [0.25, 0.3) is 0 Å². The Bertz CT molecular complexity index is 693. The number of methoxy groups -OCH3 is 1. The molecule has 0 saturated heterocycles. The van der Waals surface area contributed by atoms with Gasteiger partial charge in [-0.1, -0.05) is 72.8 Å². The summed E-state index contributed by atoms with van der Waals surface area (Å²) in [6.45, 7) is 21.4. The molecule has 1 aromatic rings. The number of hydrogen-bond acceptors (Lipinski definition) is 4. The summed E-state index contributed by atoms with van der Waals surface area (Å²) in [5.74, 6) is 1.68. The smallest absolute Gasteiger partial charge is 0.192 e. The average Bonchev–Trinajstić information content (AvgIpc) is 2.75. The Labute approximate surface area is 204 Å². The SMILES string of the molecule is CC[C@@H](O[Si](C)(C)C(C)(C)C)[C@H](C)/C=C/C(O)[C@H](C)C[C@H](C)COCc1ccc(OC)cc1. The van der Waals surface area contributed by atoms with Gasteiger partial charge >= 0.3 is 0 Å². The molecule has 0 heterocycles. The molecule has 1 N–H and O–H groups in total. The van der Waals surface area contributed by atoms with Gasteiger partial charge in [-0.2, -0.15) is 0 Å². The second kappa shape index (κ2) is 13.7. The fourth-order valence-corrected chi connectivity index (χ4v) is 5.15. The maximum atomic E-state index is 10.7. The Morgan fingerprint density at radius 1 is 1.03 bits per heavy atom. The third-order valence-corrected chi connectivity index (χ3v) is 11.5. The molecule has 0 fully saturated rings. The third-order valence-electron chi connectivity index (χ3n) is 7.04. The molecule has 33 heavy (non-hydrogen) atoms. The molecule has 5 heteroatoms. The second-order valence-corrected chi connectivity index (χ2v) is 16.0. The zero-order valence-electron chi connectivity index (χ0n) is 22.9. The molecule has 0 aliphatic rings. The van der Waals surface area contributed by atoms with Crippen LogP contribution >= 0.6 is 0 Å². The third kappa shape index (κ3) is 10.3. The minimum Gasteiger partial charge on any atom is -0.497 e. The van der Waals surface area contributed by atoms with Gasteiger partial charge in [-0.3, -0.25) is 0 Å². The zero-order valence-corrected chi connectivity index (χ0v) is 23.9. The van der Waals surface area contributed by atoms with E-state index < -0.39 is 14.4 Å². The van der Waals surface area contributed by atoms with Gasteiger partial charge in [-0.15, -0.1) is 0 Å². The normalized spacial score (nSPS) is 17.5. The van der Waals surface area contributed by atoms with Gasteiger partial charge in [0.05, 0.1) is 25.9 Å². The number of rotatable bonds is 14. The number of ether oxygens (including phenoxy) is 2. The summed E-state index contributed by atoms with van der Waals surface area (Å²) in [7, 11) is -0.140. The van der Waals surface area contributed by atoms with Gasteiger partial charge in [-0.05, 0) is 66.4 Å². The summed E-state index contributed by atoms with van der Waals surface area (Å²) in [5.41, 5.74) is 1.14. The Kier molecular flexibility index (Phi) is 12.4. The van der Waals surface area contributed by atoms with Crippen molar-refractivity contribution in [2.45, 2.75) is 98.3 Å². The second-order valence-electron chi connectivity index (χ2n) is 11.2. The van der Waals surface area contributed by atoms with Crippen LogP contribution in [0.3, 0.4) is 0 Å². The van der Waals surface area contributed by atoms with Crippen LogP contribution in [0.2, 0.25) is 18.1 Å². The van der Waals surface area contributed by atoms with Crippen LogP contribution in [0.4, 0.5) is 0 Å². The zero-order chi connectivity index (χ0) is 25.2. The van der Waals surface area contributed by atoms with Crippen molar-refractivity contribution in [2.75, 3.05) is 13.7 Å². The van der Waals surface area contributed by atoms with Crippen molar-refractivity contribution in [3.8, 4) is 5.75 Å². The molecule has 0 saturated carbocycles. The Morgan fingerprint density at radius 3 is 2.15 bits per heavy atom. The molecule has 190 valence electrons. The van der Waals surface area contributed by atoms with Crippen molar-refractivity contribution >= 4 is 8.32 Å². The fraction of sp³-hybridized carbons (Fsp3) is 0.714. The molecule has 0 aliphatic carbocycles. The molecule has 0 aliphatic heterocycles. The molecule has 5 atom stereocenters. The van der Waals surface area contributed by atoms with Crippen LogP contribution in [0, 0.1) is 17.8 Å². The van der Waals surface area contributed by atoms with Gasteiger partial charge in [0.15, 0.2) is 8.32 Å². The summed E-state index contributed by atoms with van der Waals surface area (Å²) < 4.78 is 17.7. The van der Waals surface area contributed by atoms with E-state index in [0.29, 0.717) is 19.1 Å². The summed E-state index contributed by atoms with van der Waals surface area (Å²) in [5, 5.41) is 10.9. The van der Waals surface area contributed by atoms with Gasteiger partial charge in [-0.25, -0.2) is 0 Å². The fourth-order valence-electron chi connectivity index (χ4n) is 3.66. The Balaban J connectivity index is 2.48. The first kappa shape index (κ1) is 29.9. The first-order valence-electron chi connectivity index (χ1n) is 12.6. The highest BCUT2D eigenvalue weighted by atomic mass is 28.4. The standard InChI is InChI=1S/C28H50O4Si/c1-11-27(32-33(9,10)28(5,6)7)22(3)12-17-26(29)23(4)18-21(2)19-31-20-24-13-15-25(30-8)16-14-24/h12-17,21-23,26-27,29H,11,18-20H2,1-10H3/b17-12+/t21-,22+,23+,26?,27+/m0/s1. The van der Waals surface area contributed by atoms with E-state index in [1.54, 1.807) is 7.11 Å². The van der Waals surface area contributed by atoms with Crippen molar-refractivity contribution < 1.29 is 19.0 Å². The molecule has 0 radical (unpaired) electrons. The van der Waals surface area contributed by atoms with Crippen LogP contribution < -0.4 is 4.74 Å². The molecule has 4 nitrogen and oxygen atoms in total. The van der Waals surface area contributed by atoms with Crippen LogP contribution in [0.15, 0.2) is 36.4 Å². The Hall–Kier alpha value is -1.14. The van der Waals surface area contributed by atoms with Gasteiger partial charge in [0.25, 0.3) is 0 Å². The van der Waals surface area contributed by atoms with E-state index in [9.17, 15) is 5.11 Å². The highest BCUT2D eigenvalue weighted by Gasteiger charge is 2.39. The van der Waals surface area contributed by atoms with E-state index in [2.05, 4.69) is 67.6 Å². The first-order valence-corrected chi connectivity index (χ1v) is 15.5. The number of hydrogen-bond donors (Lipinski definition) is 1. The summed E-state index contributed by atoms with van der Waals surface area (Å²) in [6.07, 6.45) is 5.74. The average molecular weight is 479 g/mol. The molecule has 0 spiro atoms. The van der Waals surface area contributed by atoms with Crippen LogP contribution in [-0.2, 0) is 15.8 Å². The maximum absolute atomic E-state index is 10.7. The van der Waals surface area contributed by atoms with Crippen molar-refractivity contribution in [1.82, 2.24) is 0 Å². The lowest BCUT2D eigenvalue weighted by molar-refractivity contribution is 0.0720. The maximum Gasteiger partial charge on any atom is 0.192 e. The predicted octanol–water partition coefficient (Wildman–Crippen LogP) is 7.23. The van der Waals surface area contributed by atoms with Gasteiger partial charge in [0.1, 0.15) is 5.75 Å². The number of aliphatic hydroxyl groups is 1.